The summed E-state index contributed by atoms with van der Waals surface area (Å²) in [5.41, 5.74) is -0.996. The Morgan fingerprint density at radius 3 is 2.50 bits per heavy atom. The lowest BCUT2D eigenvalue weighted by atomic mass is 10.1. The number of hydrogen-bond donors (Lipinski definition) is 1. The Morgan fingerprint density at radius 2 is 1.91 bits per heavy atom. The van der Waals surface area contributed by atoms with Crippen molar-refractivity contribution in [1.82, 2.24) is 9.55 Å². The van der Waals surface area contributed by atoms with E-state index in [1.165, 1.54) is 19.1 Å². The highest BCUT2D eigenvalue weighted by Gasteiger charge is 2.25. The van der Waals surface area contributed by atoms with Crippen molar-refractivity contribution in [3.05, 3.63) is 80.1 Å². The van der Waals surface area contributed by atoms with Crippen LogP contribution in [0.15, 0.2) is 46.3 Å². The maximum atomic E-state index is 13.9. The third-order valence-electron chi connectivity index (χ3n) is 4.38. The maximum Gasteiger partial charge on any atom is 0.335 e. The lowest BCUT2D eigenvalue weighted by Gasteiger charge is -2.16. The van der Waals surface area contributed by atoms with Crippen LogP contribution in [0.3, 0.4) is 0 Å². The lowest BCUT2D eigenvalue weighted by molar-refractivity contribution is 0.0697. The maximum absolute atomic E-state index is 13.9. The molecule has 3 rings (SSSR count). The molecule has 0 bridgehead atoms. The summed E-state index contributed by atoms with van der Waals surface area (Å²) < 4.78 is 57.7. The third-order valence-corrected chi connectivity index (χ3v) is 5.64. The van der Waals surface area contributed by atoms with Gasteiger partial charge in [-0.25, -0.2) is 26.6 Å². The summed E-state index contributed by atoms with van der Waals surface area (Å²) in [7, 11) is -4.15. The van der Waals surface area contributed by atoms with Gasteiger partial charge in [0.15, 0.2) is 5.02 Å². The molecule has 1 N–H and O–H groups in total. The van der Waals surface area contributed by atoms with Gasteiger partial charge in [0.2, 0.25) is 20.9 Å². The predicted molar refractivity (Wildman–Crippen MR) is 110 cm³/mol. The second kappa shape index (κ2) is 8.67. The third kappa shape index (κ3) is 4.63. The molecule has 1 aromatic heterocycles. The highest BCUT2D eigenvalue weighted by atomic mass is 35.5. The summed E-state index contributed by atoms with van der Waals surface area (Å²) in [6.07, 6.45) is 0.791. The average Bonchev–Trinajstić information content (AvgIpc) is 2.69. The Bertz CT molecular complexity index is 1410. The molecule has 0 unspecified atom stereocenters. The van der Waals surface area contributed by atoms with Gasteiger partial charge < -0.3 is 9.84 Å². The molecule has 0 fully saturated rings. The number of carboxylic acids is 1. The van der Waals surface area contributed by atoms with Gasteiger partial charge in [-0.2, -0.15) is 4.98 Å². The van der Waals surface area contributed by atoms with Crippen molar-refractivity contribution >= 4 is 27.4 Å². The first-order valence-corrected chi connectivity index (χ1v) is 11.1. The fourth-order valence-corrected chi connectivity index (χ4v) is 3.73. The van der Waals surface area contributed by atoms with E-state index in [4.69, 9.17) is 16.3 Å². The smallest absolute Gasteiger partial charge is 0.335 e. The van der Waals surface area contributed by atoms with Gasteiger partial charge in [0.1, 0.15) is 18.2 Å². The first kappa shape index (κ1) is 23.4. The molecule has 0 aliphatic rings. The molecule has 168 valence electrons. The van der Waals surface area contributed by atoms with Gasteiger partial charge in [-0.1, -0.05) is 17.7 Å². The number of hydrogen-bond acceptors (Lipinski definition) is 6. The van der Waals surface area contributed by atoms with Gasteiger partial charge in [-0.05, 0) is 36.8 Å². The van der Waals surface area contributed by atoms with Crippen LogP contribution in [0.1, 0.15) is 21.5 Å². The van der Waals surface area contributed by atoms with Crippen LogP contribution in [-0.4, -0.2) is 35.3 Å². The normalized spacial score (nSPS) is 11.4. The minimum absolute atomic E-state index is 0.0548. The second-order valence-electron chi connectivity index (χ2n) is 6.76. The van der Waals surface area contributed by atoms with E-state index < -0.39 is 55.7 Å². The number of aromatic nitrogens is 2. The van der Waals surface area contributed by atoms with Gasteiger partial charge in [-0.3, -0.25) is 4.79 Å². The van der Waals surface area contributed by atoms with Crippen LogP contribution in [-0.2, 0) is 16.4 Å². The van der Waals surface area contributed by atoms with Gasteiger partial charge in [0.05, 0.1) is 11.3 Å². The molecule has 2 aromatic carbocycles. The minimum Gasteiger partial charge on any atom is -0.478 e. The number of nitrogens with zero attached hydrogens (tertiary/aromatic N) is 2. The van der Waals surface area contributed by atoms with E-state index in [0.29, 0.717) is 16.2 Å². The molecule has 12 heteroatoms. The molecular formula is C20H15ClF2N2O6S. The Balaban J connectivity index is 2.17. The van der Waals surface area contributed by atoms with E-state index in [2.05, 4.69) is 4.98 Å². The number of aromatic carboxylic acids is 1. The summed E-state index contributed by atoms with van der Waals surface area (Å²) in [6, 6.07) is 6.53. The zero-order valence-corrected chi connectivity index (χ0v) is 18.2. The van der Waals surface area contributed by atoms with Crippen LogP contribution in [0.5, 0.6) is 5.88 Å². The highest BCUT2D eigenvalue weighted by molar-refractivity contribution is 7.90. The minimum atomic E-state index is -4.15. The molecule has 0 radical (unpaired) electrons. The Kier molecular flexibility index (Phi) is 6.33. The molecule has 0 amide bonds. The Labute approximate surface area is 185 Å². The van der Waals surface area contributed by atoms with Crippen molar-refractivity contribution in [3.8, 4) is 11.6 Å². The van der Waals surface area contributed by atoms with Crippen LogP contribution in [0, 0.1) is 18.6 Å². The number of ether oxygens (including phenoxy) is 1. The van der Waals surface area contributed by atoms with Crippen molar-refractivity contribution in [2.75, 3.05) is 6.26 Å². The number of halogens is 3. The molecule has 1 heterocycles. The largest absolute Gasteiger partial charge is 0.478 e. The van der Waals surface area contributed by atoms with E-state index >= 15 is 0 Å². The SMILES string of the molecule is Cc1ccc(C(=O)O)cc1-n1c(S(C)(=O)=O)nc(OCc2ccc(F)cc2F)c(Cl)c1=O. The first-order valence-electron chi connectivity index (χ1n) is 8.83. The summed E-state index contributed by atoms with van der Waals surface area (Å²) in [6.45, 7) is 1.02. The van der Waals surface area contributed by atoms with Crippen molar-refractivity contribution in [2.24, 2.45) is 0 Å². The molecule has 0 aliphatic carbocycles. The summed E-state index contributed by atoms with van der Waals surface area (Å²) >= 11 is 6.07. The van der Waals surface area contributed by atoms with E-state index in [9.17, 15) is 31.9 Å². The molecule has 32 heavy (non-hydrogen) atoms. The quantitative estimate of drug-likeness (QED) is 0.534. The van der Waals surface area contributed by atoms with Crippen LogP contribution in [0.2, 0.25) is 5.02 Å². The molecule has 0 aliphatic heterocycles. The van der Waals surface area contributed by atoms with Crippen molar-refractivity contribution < 1.29 is 31.8 Å². The van der Waals surface area contributed by atoms with Crippen molar-refractivity contribution in [2.45, 2.75) is 18.7 Å². The molecule has 0 saturated carbocycles. The molecule has 3 aromatic rings. The number of aryl methyl sites for hydroxylation is 1. The van der Waals surface area contributed by atoms with E-state index in [0.717, 1.165) is 24.5 Å². The number of carbonyl (C=O) groups is 1. The standard InChI is InChI=1S/C20H15ClF2N2O6S/c1-10-3-4-11(19(27)28)7-15(10)25-18(26)16(21)17(24-20(25)32(2,29)30)31-9-12-5-6-13(22)8-14(12)23/h3-8H,9H2,1-2H3,(H,27,28). The molecule has 0 atom stereocenters. The van der Waals surface area contributed by atoms with Gasteiger partial charge in [-0.15, -0.1) is 0 Å². The Morgan fingerprint density at radius 1 is 1.22 bits per heavy atom. The molecule has 8 nitrogen and oxygen atoms in total. The van der Waals surface area contributed by atoms with Crippen molar-refractivity contribution in [3.63, 3.8) is 0 Å². The molecular weight excluding hydrogens is 470 g/mol. The van der Waals surface area contributed by atoms with Gasteiger partial charge in [0.25, 0.3) is 5.56 Å². The van der Waals surface area contributed by atoms with E-state index in [1.807, 2.05) is 0 Å². The highest BCUT2D eigenvalue weighted by Crippen LogP contribution is 2.25. The topological polar surface area (TPSA) is 116 Å². The number of sulfone groups is 1. The zero-order chi connectivity index (χ0) is 23.8. The van der Waals surface area contributed by atoms with E-state index in [-0.39, 0.29) is 16.8 Å². The van der Waals surface area contributed by atoms with Crippen LogP contribution in [0.4, 0.5) is 8.78 Å². The first-order chi connectivity index (χ1) is 14.9. The second-order valence-corrected chi connectivity index (χ2v) is 9.04. The molecule has 0 spiro atoms. The average molecular weight is 485 g/mol. The summed E-state index contributed by atoms with van der Waals surface area (Å²) in [4.78, 5) is 28.2. The monoisotopic (exact) mass is 484 g/mol. The summed E-state index contributed by atoms with van der Waals surface area (Å²) in [5.74, 6) is -3.59. The fraction of sp³-hybridized carbons (Fsp3) is 0.150. The lowest BCUT2D eigenvalue weighted by Crippen LogP contribution is -2.27. The fourth-order valence-electron chi connectivity index (χ4n) is 2.79. The van der Waals surface area contributed by atoms with Crippen LogP contribution in [0.25, 0.3) is 5.69 Å². The zero-order valence-electron chi connectivity index (χ0n) is 16.6. The van der Waals surface area contributed by atoms with Crippen molar-refractivity contribution in [1.29, 1.82) is 0 Å². The van der Waals surface area contributed by atoms with Gasteiger partial charge >= 0.3 is 5.97 Å². The number of benzene rings is 2. The van der Waals surface area contributed by atoms with Gasteiger partial charge in [0, 0.05) is 17.9 Å². The van der Waals surface area contributed by atoms with Crippen LogP contribution < -0.4 is 10.3 Å². The molecule has 0 saturated heterocycles. The number of rotatable bonds is 6. The Hall–Kier alpha value is -3.31. The van der Waals surface area contributed by atoms with Crippen LogP contribution >= 0.6 is 11.6 Å². The van der Waals surface area contributed by atoms with E-state index in [1.54, 1.807) is 0 Å². The predicted octanol–water partition coefficient (Wildman–Crippen LogP) is 3.15. The summed E-state index contributed by atoms with van der Waals surface area (Å²) in [5, 5.41) is 7.87. The number of carboxylic acid groups (broad SMARTS) is 1.